The van der Waals surface area contributed by atoms with Crippen LogP contribution in [0.1, 0.15) is 18.9 Å². The number of sulfone groups is 1. The monoisotopic (exact) mass is 455 g/mol. The van der Waals surface area contributed by atoms with Gasteiger partial charge in [-0.1, -0.05) is 6.07 Å². The summed E-state index contributed by atoms with van der Waals surface area (Å²) < 4.78 is 26.4. The van der Waals surface area contributed by atoms with E-state index in [1.165, 1.54) is 17.5 Å². The van der Waals surface area contributed by atoms with Gasteiger partial charge in [-0.3, -0.25) is 4.79 Å². The normalized spacial score (nSPS) is 17.0. The van der Waals surface area contributed by atoms with Crippen LogP contribution in [0, 0.1) is 11.3 Å². The molecule has 0 saturated carbocycles. The highest BCUT2D eigenvalue weighted by molar-refractivity contribution is 7.91. The quantitative estimate of drug-likeness (QED) is 0.582. The third kappa shape index (κ3) is 4.38. The van der Waals surface area contributed by atoms with Gasteiger partial charge in [0.1, 0.15) is 11.9 Å². The Morgan fingerprint density at radius 3 is 2.81 bits per heavy atom. The standard InChI is InChI=1S/C21H21N5O3S2/c1-15-13-25(19-6-5-16(11-22)12-23-19)8-9-26(15)20(27)7-10-31(28,29)18-4-2-3-17-21(18)30-14-24-17/h2-6,12,14-15H,7-10,13H2,1H3/t15-/m0/s1. The Balaban J connectivity index is 1.39. The first-order valence-electron chi connectivity index (χ1n) is 9.84. The molecule has 2 aromatic heterocycles. The van der Waals surface area contributed by atoms with E-state index in [4.69, 9.17) is 5.26 Å². The zero-order valence-corrected chi connectivity index (χ0v) is 18.6. The summed E-state index contributed by atoms with van der Waals surface area (Å²) in [6.45, 7) is 3.63. The molecule has 1 aliphatic rings. The number of rotatable bonds is 5. The Morgan fingerprint density at radius 1 is 1.26 bits per heavy atom. The van der Waals surface area contributed by atoms with Crippen molar-refractivity contribution in [2.75, 3.05) is 30.3 Å². The van der Waals surface area contributed by atoms with E-state index in [1.807, 2.05) is 13.0 Å². The van der Waals surface area contributed by atoms with Crippen LogP contribution in [-0.2, 0) is 14.6 Å². The van der Waals surface area contributed by atoms with Gasteiger partial charge in [-0.2, -0.15) is 5.26 Å². The Kier molecular flexibility index (Phi) is 5.89. The lowest BCUT2D eigenvalue weighted by Crippen LogP contribution is -2.54. The van der Waals surface area contributed by atoms with Crippen molar-refractivity contribution in [3.05, 3.63) is 47.6 Å². The summed E-state index contributed by atoms with van der Waals surface area (Å²) in [6, 6.07) is 10.5. The second-order valence-electron chi connectivity index (χ2n) is 7.42. The molecule has 31 heavy (non-hydrogen) atoms. The van der Waals surface area contributed by atoms with E-state index in [1.54, 1.807) is 40.7 Å². The molecule has 8 nitrogen and oxygen atoms in total. The number of piperazine rings is 1. The van der Waals surface area contributed by atoms with Gasteiger partial charge in [0.15, 0.2) is 9.84 Å². The SMILES string of the molecule is C[C@H]1CN(c2ccc(C#N)cn2)CCN1C(=O)CCS(=O)(=O)c1cccc2ncsc12. The Morgan fingerprint density at radius 2 is 2.10 bits per heavy atom. The number of amides is 1. The molecule has 160 valence electrons. The van der Waals surface area contributed by atoms with Gasteiger partial charge in [0.2, 0.25) is 5.91 Å². The maximum Gasteiger partial charge on any atom is 0.223 e. The number of hydrogen-bond donors (Lipinski definition) is 0. The number of fused-ring (bicyclic) bond motifs is 1. The number of pyridine rings is 1. The van der Waals surface area contributed by atoms with Crippen LogP contribution in [-0.4, -0.2) is 60.6 Å². The molecule has 1 aliphatic heterocycles. The van der Waals surface area contributed by atoms with E-state index in [-0.39, 0.29) is 29.0 Å². The first-order chi connectivity index (χ1) is 14.9. The largest absolute Gasteiger partial charge is 0.353 e. The molecule has 0 unspecified atom stereocenters. The molecule has 0 aliphatic carbocycles. The van der Waals surface area contributed by atoms with Gasteiger partial charge in [-0.15, -0.1) is 11.3 Å². The van der Waals surface area contributed by atoms with Crippen LogP contribution in [0.4, 0.5) is 5.82 Å². The molecule has 1 atom stereocenters. The molecule has 1 fully saturated rings. The molecule has 0 bridgehead atoms. The molecule has 4 rings (SSSR count). The lowest BCUT2D eigenvalue weighted by molar-refractivity contribution is -0.133. The second-order valence-corrected chi connectivity index (χ2v) is 10.4. The number of aromatic nitrogens is 2. The highest BCUT2D eigenvalue weighted by Crippen LogP contribution is 2.27. The molecular formula is C21H21N5O3S2. The predicted octanol–water partition coefficient (Wildman–Crippen LogP) is 2.46. The van der Waals surface area contributed by atoms with Gasteiger partial charge in [-0.05, 0) is 31.2 Å². The zero-order chi connectivity index (χ0) is 22.0. The zero-order valence-electron chi connectivity index (χ0n) is 16.9. The van der Waals surface area contributed by atoms with E-state index in [0.29, 0.717) is 35.4 Å². The molecule has 0 radical (unpaired) electrons. The molecule has 1 saturated heterocycles. The fourth-order valence-corrected chi connectivity index (χ4v) is 6.31. The van der Waals surface area contributed by atoms with Crippen LogP contribution in [0.25, 0.3) is 10.2 Å². The third-order valence-electron chi connectivity index (χ3n) is 5.39. The fourth-order valence-electron chi connectivity index (χ4n) is 3.76. The average Bonchev–Trinajstić information content (AvgIpc) is 3.26. The van der Waals surface area contributed by atoms with Crippen molar-refractivity contribution in [2.24, 2.45) is 0 Å². The van der Waals surface area contributed by atoms with Crippen LogP contribution < -0.4 is 4.90 Å². The maximum absolute atomic E-state index is 12.9. The number of hydrogen-bond acceptors (Lipinski definition) is 8. The van der Waals surface area contributed by atoms with Crippen molar-refractivity contribution in [1.29, 1.82) is 5.26 Å². The summed E-state index contributed by atoms with van der Waals surface area (Å²) in [5, 5.41) is 8.91. The van der Waals surface area contributed by atoms with Gasteiger partial charge < -0.3 is 9.80 Å². The van der Waals surface area contributed by atoms with Gasteiger partial charge in [0.25, 0.3) is 0 Å². The summed E-state index contributed by atoms with van der Waals surface area (Å²) in [5.41, 5.74) is 2.78. The Hall–Kier alpha value is -3.03. The number of anilines is 1. The van der Waals surface area contributed by atoms with Gasteiger partial charge >= 0.3 is 0 Å². The topological polar surface area (TPSA) is 107 Å². The van der Waals surface area contributed by atoms with Crippen molar-refractivity contribution >= 4 is 43.1 Å². The van der Waals surface area contributed by atoms with E-state index in [2.05, 4.69) is 14.9 Å². The summed E-state index contributed by atoms with van der Waals surface area (Å²) in [7, 11) is -3.59. The Labute approximate surface area is 184 Å². The first-order valence-corrected chi connectivity index (χ1v) is 12.4. The maximum atomic E-state index is 12.9. The molecule has 0 spiro atoms. The molecule has 1 amide bonds. The van der Waals surface area contributed by atoms with E-state index < -0.39 is 9.84 Å². The van der Waals surface area contributed by atoms with Crippen molar-refractivity contribution < 1.29 is 13.2 Å². The second kappa shape index (κ2) is 8.61. The van der Waals surface area contributed by atoms with Crippen molar-refractivity contribution in [3.63, 3.8) is 0 Å². The highest BCUT2D eigenvalue weighted by atomic mass is 32.2. The fraction of sp³-hybridized carbons (Fsp3) is 0.333. The van der Waals surface area contributed by atoms with Crippen LogP contribution >= 0.6 is 11.3 Å². The van der Waals surface area contributed by atoms with Crippen molar-refractivity contribution in [1.82, 2.24) is 14.9 Å². The van der Waals surface area contributed by atoms with Crippen LogP contribution in [0.2, 0.25) is 0 Å². The summed E-state index contributed by atoms with van der Waals surface area (Å²) in [4.78, 5) is 25.3. The molecule has 1 aromatic carbocycles. The number of nitrogens with zero attached hydrogens (tertiary/aromatic N) is 5. The smallest absolute Gasteiger partial charge is 0.223 e. The lowest BCUT2D eigenvalue weighted by atomic mass is 10.1. The number of carbonyl (C=O) groups is 1. The minimum absolute atomic E-state index is 0.0586. The van der Waals surface area contributed by atoms with Crippen LogP contribution in [0.5, 0.6) is 0 Å². The highest BCUT2D eigenvalue weighted by Gasteiger charge is 2.29. The van der Waals surface area contributed by atoms with Gasteiger partial charge in [0.05, 0.1) is 31.9 Å². The predicted molar refractivity (Wildman–Crippen MR) is 119 cm³/mol. The summed E-state index contributed by atoms with van der Waals surface area (Å²) in [6.07, 6.45) is 1.48. The van der Waals surface area contributed by atoms with Gasteiger partial charge in [-0.25, -0.2) is 18.4 Å². The summed E-state index contributed by atoms with van der Waals surface area (Å²) >= 11 is 1.29. The van der Waals surface area contributed by atoms with Gasteiger partial charge in [0, 0.05) is 38.3 Å². The summed E-state index contributed by atoms with van der Waals surface area (Å²) in [5.74, 6) is 0.366. The minimum Gasteiger partial charge on any atom is -0.353 e. The molecule has 3 heterocycles. The van der Waals surface area contributed by atoms with E-state index in [9.17, 15) is 13.2 Å². The molecule has 10 heteroatoms. The average molecular weight is 456 g/mol. The van der Waals surface area contributed by atoms with Crippen molar-refractivity contribution in [2.45, 2.75) is 24.3 Å². The lowest BCUT2D eigenvalue weighted by Gasteiger charge is -2.40. The van der Waals surface area contributed by atoms with Crippen molar-refractivity contribution in [3.8, 4) is 6.07 Å². The minimum atomic E-state index is -3.59. The van der Waals surface area contributed by atoms with E-state index in [0.717, 1.165) is 5.82 Å². The molecule has 3 aromatic rings. The third-order valence-corrected chi connectivity index (χ3v) is 8.15. The molecule has 0 N–H and O–H groups in total. The van der Waals surface area contributed by atoms with Crippen LogP contribution in [0.3, 0.4) is 0 Å². The number of benzene rings is 1. The van der Waals surface area contributed by atoms with E-state index >= 15 is 0 Å². The first kappa shape index (κ1) is 21.2. The molecular weight excluding hydrogens is 434 g/mol. The Bertz CT molecular complexity index is 1250. The number of carbonyl (C=O) groups excluding carboxylic acids is 1. The number of thiazole rings is 1. The van der Waals surface area contributed by atoms with Crippen LogP contribution in [0.15, 0.2) is 46.9 Å². The number of nitriles is 1.